The van der Waals surface area contributed by atoms with Gasteiger partial charge in [0.1, 0.15) is 49.1 Å². The molecule has 28 nitrogen and oxygen atoms in total. The van der Waals surface area contributed by atoms with E-state index in [-0.39, 0.29) is 10.2 Å². The number of hydrogen-bond acceptors (Lipinski definition) is 27. The van der Waals surface area contributed by atoms with E-state index in [9.17, 15) is 17.5 Å². The maximum atomic E-state index is 13.6. The predicted octanol–water partition coefficient (Wildman–Crippen LogP) is 14.8. The number of aliphatic hydroxyl groups excluding tert-OH is 1. The fourth-order valence-electron chi connectivity index (χ4n) is 14.2. The fraction of sp³-hybridized carbons (Fsp3) is 0.459. The first-order valence-corrected chi connectivity index (χ1v) is 48.8. The average molecular weight is 1840 g/mol. The number of benzene rings is 5. The van der Waals surface area contributed by atoms with Gasteiger partial charge in [-0.3, -0.25) is 24.3 Å². The fourth-order valence-corrected chi connectivity index (χ4v) is 17.8. The van der Waals surface area contributed by atoms with Gasteiger partial charge in [-0.25, -0.2) is 19.9 Å². The summed E-state index contributed by atoms with van der Waals surface area (Å²) >= 11 is 12.9. The largest absolute Gasteiger partial charge is 0.495 e. The highest BCUT2D eigenvalue weighted by molar-refractivity contribution is 9.11. The number of halogens is 3. The number of aryl methyl sites for hydroxylation is 3. The molecule has 0 amide bonds. The van der Waals surface area contributed by atoms with Crippen LogP contribution in [-0.4, -0.2) is 258 Å². The number of unbranched alkanes of at least 4 members (excludes halogenated alkanes) is 1. The Morgan fingerprint density at radius 2 is 0.992 bits per heavy atom. The van der Waals surface area contributed by atoms with Crippen LogP contribution in [0.5, 0.6) is 11.5 Å². The van der Waals surface area contributed by atoms with Crippen LogP contribution in [0.3, 0.4) is 0 Å². The molecule has 13 rings (SSSR count). The SMILES string of the molecule is CCCCO.CCc1cc(N)c(OC)cc1N1CCC(N2CCN(C)CC2)CC1.CCc1cc(Nc2ncc(Br)c(Nc3ccc(-c4cnc(N(C)C)cn4)cc3P(C)(C)=O)n2)c(OC)cc1N1CCC(N2CCN(C)CC2)CC1.CN(C)c1cnc(-c2ccc(Nc3nc(Cl)ncc3Br)c(P(C)(C)=O)c2)cn1.Cc1ccc(S(=O)(=O)O)cc1. The van der Waals surface area contributed by atoms with Gasteiger partial charge in [-0.1, -0.05) is 57.0 Å². The summed E-state index contributed by atoms with van der Waals surface area (Å²) in [6.45, 7) is 29.4. The number of nitrogen functional groups attached to an aromatic ring is 1. The molecule has 4 fully saturated rings. The number of nitrogens with two attached hydrogens (primary N) is 1. The molecule has 8 heterocycles. The maximum absolute atomic E-state index is 13.6. The number of hydrogen-bond donors (Lipinski definition) is 6. The first-order chi connectivity index (χ1) is 56.6. The van der Waals surface area contributed by atoms with Gasteiger partial charge in [0.15, 0.2) is 0 Å². The molecule has 9 aromatic rings. The lowest BCUT2D eigenvalue weighted by molar-refractivity contribution is 0.0982. The number of rotatable bonds is 23. The van der Waals surface area contributed by atoms with Crippen LogP contribution in [0.25, 0.3) is 22.5 Å². The molecule has 0 radical (unpaired) electrons. The molecule has 0 atom stereocenters. The van der Waals surface area contributed by atoms with Crippen LogP contribution in [0.4, 0.5) is 63.3 Å². The van der Waals surface area contributed by atoms with Gasteiger partial charge in [0.25, 0.3) is 10.1 Å². The van der Waals surface area contributed by atoms with Gasteiger partial charge < -0.3 is 74.8 Å². The van der Waals surface area contributed by atoms with Crippen molar-refractivity contribution in [1.82, 2.24) is 59.5 Å². The van der Waals surface area contributed by atoms with Crippen molar-refractivity contribution in [2.24, 2.45) is 0 Å². The van der Waals surface area contributed by atoms with Crippen LogP contribution >= 0.6 is 57.7 Å². The summed E-state index contributed by atoms with van der Waals surface area (Å²) in [5.41, 5.74) is 18.2. The summed E-state index contributed by atoms with van der Waals surface area (Å²) in [5, 5.41) is 19.6. The second-order valence-electron chi connectivity index (χ2n) is 31.2. The van der Waals surface area contributed by atoms with Crippen molar-refractivity contribution in [2.45, 2.75) is 96.0 Å². The van der Waals surface area contributed by atoms with Gasteiger partial charge >= 0.3 is 0 Å². The van der Waals surface area contributed by atoms with Crippen LogP contribution in [0, 0.1) is 6.92 Å². The number of aliphatic hydroxyl groups is 1. The number of nitrogens with one attached hydrogen (secondary N) is 3. The molecule has 644 valence electrons. The van der Waals surface area contributed by atoms with E-state index in [0.717, 1.165) is 122 Å². The minimum atomic E-state index is -4.02. The molecule has 4 aliphatic heterocycles. The van der Waals surface area contributed by atoms with E-state index in [4.69, 9.17) is 41.5 Å². The number of piperazine rings is 2. The number of likely N-dealkylation sites (N-methyl/N-ethyl adjacent to an activating group) is 2. The molecule has 4 aliphatic rings. The molecule has 4 saturated heterocycles. The van der Waals surface area contributed by atoms with Gasteiger partial charge in [-0.15, -0.1) is 0 Å². The number of aromatic nitrogens is 8. The van der Waals surface area contributed by atoms with E-state index in [0.29, 0.717) is 72.5 Å². The Morgan fingerprint density at radius 3 is 1.38 bits per heavy atom. The van der Waals surface area contributed by atoms with Crippen molar-refractivity contribution in [3.63, 3.8) is 0 Å². The molecule has 0 saturated carbocycles. The highest BCUT2D eigenvalue weighted by Crippen LogP contribution is 2.44. The first-order valence-electron chi connectivity index (χ1n) is 40.2. The molecule has 0 aliphatic carbocycles. The summed E-state index contributed by atoms with van der Waals surface area (Å²) in [4.78, 5) is 54.4. The number of ether oxygens (including phenoxy) is 2. The van der Waals surface area contributed by atoms with Crippen LogP contribution in [-0.2, 0) is 32.1 Å². The van der Waals surface area contributed by atoms with E-state index in [1.807, 2.05) is 81.3 Å². The Balaban J connectivity index is 0.000000199. The standard InChI is InChI=1S/C37H50BrN10O2P.C19H32N4O.C18H19BrClN6OP.C7H8O3S.C4H10O/c1-8-25-19-30(33(50-5)21-32(25)48-13-11-27(12-14-48)47-17-15-46(4)16-18-47)43-37-41-22-28(38)36(44-37)42-29-10-9-26(20-34(29)51(6,7)49)31-23-40-35(24-39-31)45(2)3;1-4-15-13-17(20)19(24-3)14-18(15)23-7-5-16(6-8-23)22-11-9-21(2)10-12-22;1-26(2)16-10-21-14(9-22-16)11-5-6-13(15(7-11)28(3,4)27)24-17-12(19)8-23-18(20)25-17;1-6-2-4-7(5-3-6)11(8,9)10;1-2-3-4-5/h9-10,19-24,27H,8,11-18H2,1-7H3,(H2,41,42,43,44);13-14,16H,4-12,20H2,1-3H3;5-10H,1-4H3,(H,23,24,25);2-5H,1H3,(H,8,9,10);5H,2-4H2,1H3. The summed E-state index contributed by atoms with van der Waals surface area (Å²) in [5.74, 6) is 4.52. The van der Waals surface area contributed by atoms with E-state index >= 15 is 0 Å². The monoisotopic (exact) mass is 1830 g/mol. The summed E-state index contributed by atoms with van der Waals surface area (Å²) in [7, 11) is 6.16. The summed E-state index contributed by atoms with van der Waals surface area (Å²) in [6.07, 6.45) is 18.9. The topological polar surface area (TPSA) is 318 Å². The van der Waals surface area contributed by atoms with Gasteiger partial charge in [-0.2, -0.15) is 18.4 Å². The molecular formula is C85H119Br2ClN20O8P2S. The molecule has 0 unspecified atom stereocenters. The third-order valence-electron chi connectivity index (χ3n) is 21.3. The lowest BCUT2D eigenvalue weighted by Crippen LogP contribution is -2.52. The molecule has 7 N–H and O–H groups in total. The van der Waals surface area contributed by atoms with Crippen molar-refractivity contribution < 1.29 is 36.7 Å². The zero-order valence-corrected chi connectivity index (χ0v) is 78.1. The minimum Gasteiger partial charge on any atom is -0.495 e. The lowest BCUT2D eigenvalue weighted by atomic mass is 9.99. The summed E-state index contributed by atoms with van der Waals surface area (Å²) < 4.78 is 68.7. The Kier molecular flexibility index (Phi) is 35.1. The van der Waals surface area contributed by atoms with Crippen molar-refractivity contribution in [3.05, 3.63) is 153 Å². The van der Waals surface area contributed by atoms with E-state index < -0.39 is 24.4 Å². The highest BCUT2D eigenvalue weighted by Gasteiger charge is 2.31. The van der Waals surface area contributed by atoms with Crippen molar-refractivity contribution >= 4 is 142 Å². The van der Waals surface area contributed by atoms with E-state index in [1.165, 1.54) is 99.6 Å². The molecular weight excluding hydrogens is 1720 g/mol. The maximum Gasteiger partial charge on any atom is 0.294 e. The number of methoxy groups -OCH3 is 2. The molecule has 119 heavy (non-hydrogen) atoms. The normalized spacial score (nSPS) is 15.3. The predicted molar refractivity (Wildman–Crippen MR) is 497 cm³/mol. The molecule has 0 spiro atoms. The Morgan fingerprint density at radius 1 is 0.555 bits per heavy atom. The number of nitrogens with zero attached hydrogens (tertiary/aromatic N) is 16. The van der Waals surface area contributed by atoms with Crippen molar-refractivity contribution in [3.8, 4) is 34.0 Å². The molecule has 0 bridgehead atoms. The zero-order valence-electron chi connectivity index (χ0n) is 71.6. The van der Waals surface area contributed by atoms with Crippen LogP contribution in [0.15, 0.2) is 136 Å². The average Bonchev–Trinajstić information content (AvgIpc) is 0.807. The second-order valence-corrected chi connectivity index (χ2v) is 41.0. The minimum absolute atomic E-state index is 0.0666. The third-order valence-corrected chi connectivity index (χ3v) is 26.6. The third kappa shape index (κ3) is 26.9. The van der Waals surface area contributed by atoms with Gasteiger partial charge in [0, 0.05) is 183 Å². The second kappa shape index (κ2) is 44.1. The smallest absolute Gasteiger partial charge is 0.294 e. The van der Waals surface area contributed by atoms with Gasteiger partial charge in [0.2, 0.25) is 11.2 Å². The highest BCUT2D eigenvalue weighted by atomic mass is 79.9. The Hall–Kier alpha value is -8.16. The first kappa shape index (κ1) is 94.7. The zero-order chi connectivity index (χ0) is 86.5. The van der Waals surface area contributed by atoms with E-state index in [1.54, 1.807) is 90.2 Å². The van der Waals surface area contributed by atoms with Gasteiger partial charge in [0.05, 0.1) is 87.0 Å². The Bertz CT molecular complexity index is 5010. The van der Waals surface area contributed by atoms with E-state index in [2.05, 4.69) is 171 Å². The van der Waals surface area contributed by atoms with Crippen LogP contribution in [0.1, 0.15) is 76.0 Å². The van der Waals surface area contributed by atoms with Crippen LogP contribution < -0.4 is 61.4 Å². The van der Waals surface area contributed by atoms with Gasteiger partial charge in [-0.05, 0) is 196 Å². The van der Waals surface area contributed by atoms with Crippen molar-refractivity contribution in [2.75, 3.05) is 210 Å². The summed E-state index contributed by atoms with van der Waals surface area (Å²) in [6, 6.07) is 27.3. The number of piperidine rings is 2. The van der Waals surface area contributed by atoms with Crippen LogP contribution in [0.2, 0.25) is 5.28 Å². The van der Waals surface area contributed by atoms with Crippen molar-refractivity contribution in [1.29, 1.82) is 0 Å². The number of anilines is 11. The lowest BCUT2D eigenvalue weighted by Gasteiger charge is -2.43. The Labute approximate surface area is 725 Å². The molecule has 34 heteroatoms. The molecule has 5 aromatic carbocycles. The quantitative estimate of drug-likeness (QED) is 0.0150. The molecule has 4 aromatic heterocycles.